The highest BCUT2D eigenvalue weighted by Crippen LogP contribution is 2.13. The van der Waals surface area contributed by atoms with Crippen molar-refractivity contribution in [2.75, 3.05) is 0 Å². The minimum atomic E-state index is 1.19. The Labute approximate surface area is 93.7 Å². The van der Waals surface area contributed by atoms with E-state index >= 15 is 0 Å². The maximum atomic E-state index is 3.00. The van der Waals surface area contributed by atoms with Crippen LogP contribution in [0.25, 0.3) is 0 Å². The van der Waals surface area contributed by atoms with Crippen molar-refractivity contribution in [3.05, 3.63) is 72.9 Å². The Hall–Kier alpha value is -1.56. The van der Waals surface area contributed by atoms with Gasteiger partial charge in [0.05, 0.1) is 0 Å². The van der Waals surface area contributed by atoms with E-state index in [1.807, 2.05) is 18.2 Å². The fraction of sp³-hybridized carbons (Fsp3) is 0.200. The molecule has 0 radical (unpaired) electrons. The van der Waals surface area contributed by atoms with Gasteiger partial charge in [-0.05, 0) is 25.8 Å². The van der Waals surface area contributed by atoms with Crippen molar-refractivity contribution in [3.63, 3.8) is 0 Å². The van der Waals surface area contributed by atoms with E-state index in [-0.39, 0.29) is 0 Å². The molecule has 1 aromatic carbocycles. The van der Waals surface area contributed by atoms with Gasteiger partial charge in [0.25, 0.3) is 0 Å². The van der Waals surface area contributed by atoms with Gasteiger partial charge >= 0.3 is 0 Å². The van der Waals surface area contributed by atoms with Gasteiger partial charge in [-0.25, -0.2) is 0 Å². The van der Waals surface area contributed by atoms with Gasteiger partial charge in [0.15, 0.2) is 0 Å². The first kappa shape index (κ1) is 13.4. The van der Waals surface area contributed by atoms with Gasteiger partial charge in [0, 0.05) is 0 Å². The minimum Gasteiger partial charge on any atom is -0.106 e. The molecule has 0 nitrogen and oxygen atoms in total. The molecule has 0 saturated carbocycles. The standard InChI is InChI=1S/C7H8.C6H8.C2H4/c1-7-5-3-2-4-6-7;1-2-6-4-3-5-6;1-2/h2-6H,1H3;2-4H,5H2,1H3;1-2H2/b;6-2+;. The molecular weight excluding hydrogens is 180 g/mol. The molecule has 0 amide bonds. The molecule has 0 saturated heterocycles. The summed E-state index contributed by atoms with van der Waals surface area (Å²) in [5.74, 6) is 0. The smallest absolute Gasteiger partial charge is 0.00976 e. The zero-order valence-corrected chi connectivity index (χ0v) is 9.74. The summed E-state index contributed by atoms with van der Waals surface area (Å²) in [6.07, 6.45) is 7.63. The Balaban J connectivity index is 0.000000227. The largest absolute Gasteiger partial charge is 0.106 e. The van der Waals surface area contributed by atoms with Gasteiger partial charge in [-0.2, -0.15) is 0 Å². The summed E-state index contributed by atoms with van der Waals surface area (Å²) in [5.41, 5.74) is 2.79. The lowest BCUT2D eigenvalue weighted by Gasteiger charge is -2.02. The predicted molar refractivity (Wildman–Crippen MR) is 69.9 cm³/mol. The van der Waals surface area contributed by atoms with Crippen LogP contribution in [0, 0.1) is 6.92 Å². The van der Waals surface area contributed by atoms with Gasteiger partial charge in [0.1, 0.15) is 0 Å². The first-order valence-electron chi connectivity index (χ1n) is 5.16. The van der Waals surface area contributed by atoms with Crippen LogP contribution in [0.15, 0.2) is 67.3 Å². The molecule has 1 aromatic rings. The van der Waals surface area contributed by atoms with Gasteiger partial charge < -0.3 is 0 Å². The van der Waals surface area contributed by atoms with E-state index in [2.05, 4.69) is 57.4 Å². The molecule has 0 fully saturated rings. The van der Waals surface area contributed by atoms with Crippen molar-refractivity contribution < 1.29 is 0 Å². The lowest BCUT2D eigenvalue weighted by Crippen LogP contribution is -1.82. The molecule has 0 heterocycles. The predicted octanol–water partition coefficient (Wildman–Crippen LogP) is 4.69. The van der Waals surface area contributed by atoms with E-state index in [9.17, 15) is 0 Å². The third kappa shape index (κ3) is 6.50. The monoisotopic (exact) mass is 200 g/mol. The van der Waals surface area contributed by atoms with E-state index in [4.69, 9.17) is 0 Å². The van der Waals surface area contributed by atoms with Gasteiger partial charge in [-0.3, -0.25) is 0 Å². The molecule has 0 heteroatoms. The van der Waals surface area contributed by atoms with Crippen molar-refractivity contribution in [2.45, 2.75) is 20.3 Å². The number of rotatable bonds is 0. The maximum absolute atomic E-state index is 3.00. The van der Waals surface area contributed by atoms with Gasteiger partial charge in [0.2, 0.25) is 0 Å². The Morgan fingerprint density at radius 1 is 1.13 bits per heavy atom. The molecule has 15 heavy (non-hydrogen) atoms. The zero-order chi connectivity index (χ0) is 11.5. The van der Waals surface area contributed by atoms with Crippen LogP contribution in [0.2, 0.25) is 0 Å². The highest BCUT2D eigenvalue weighted by Gasteiger charge is 1.93. The zero-order valence-electron chi connectivity index (χ0n) is 9.74. The fourth-order valence-electron chi connectivity index (χ4n) is 1.00. The number of benzene rings is 1. The van der Waals surface area contributed by atoms with Crippen LogP contribution < -0.4 is 0 Å². The summed E-state index contributed by atoms with van der Waals surface area (Å²) in [6, 6.07) is 10.3. The maximum Gasteiger partial charge on any atom is -0.00976 e. The first-order valence-corrected chi connectivity index (χ1v) is 5.16. The van der Waals surface area contributed by atoms with Crippen molar-refractivity contribution in [2.24, 2.45) is 0 Å². The highest BCUT2D eigenvalue weighted by molar-refractivity contribution is 5.29. The van der Waals surface area contributed by atoms with E-state index < -0.39 is 0 Å². The molecule has 0 aromatic heterocycles. The quantitative estimate of drug-likeness (QED) is 0.533. The van der Waals surface area contributed by atoms with E-state index in [1.54, 1.807) is 0 Å². The second-order valence-electron chi connectivity index (χ2n) is 3.12. The molecule has 1 aliphatic rings. The van der Waals surface area contributed by atoms with Crippen LogP contribution in [0.1, 0.15) is 18.9 Å². The average molecular weight is 200 g/mol. The summed E-state index contributed by atoms with van der Waals surface area (Å²) in [4.78, 5) is 0. The Bertz CT molecular complexity index is 304. The summed E-state index contributed by atoms with van der Waals surface area (Å²) < 4.78 is 0. The van der Waals surface area contributed by atoms with Crippen LogP contribution in [-0.4, -0.2) is 0 Å². The van der Waals surface area contributed by atoms with E-state index in [1.165, 1.54) is 17.6 Å². The summed E-state index contributed by atoms with van der Waals surface area (Å²) >= 11 is 0. The molecule has 0 bridgehead atoms. The summed E-state index contributed by atoms with van der Waals surface area (Å²) in [7, 11) is 0. The average Bonchev–Trinajstić information content (AvgIpc) is 2.21. The minimum absolute atomic E-state index is 1.19. The fourth-order valence-corrected chi connectivity index (χ4v) is 1.00. The number of hydrogen-bond acceptors (Lipinski definition) is 0. The normalized spacial score (nSPS) is 14.1. The Morgan fingerprint density at radius 3 is 1.80 bits per heavy atom. The molecule has 0 spiro atoms. The molecule has 0 N–H and O–H groups in total. The number of allylic oxidation sites excluding steroid dienone is 4. The lowest BCUT2D eigenvalue weighted by atomic mass is 10.0. The van der Waals surface area contributed by atoms with Crippen molar-refractivity contribution in [3.8, 4) is 0 Å². The molecule has 0 unspecified atom stereocenters. The Kier molecular flexibility index (Phi) is 8.08. The van der Waals surface area contributed by atoms with E-state index in [0.717, 1.165) is 0 Å². The third-order valence-electron chi connectivity index (χ3n) is 2.00. The van der Waals surface area contributed by atoms with Gasteiger partial charge in [-0.1, -0.05) is 54.1 Å². The van der Waals surface area contributed by atoms with Crippen LogP contribution in [0.4, 0.5) is 0 Å². The molecule has 80 valence electrons. The molecular formula is C15H20. The van der Waals surface area contributed by atoms with Crippen LogP contribution >= 0.6 is 0 Å². The second-order valence-corrected chi connectivity index (χ2v) is 3.12. The third-order valence-corrected chi connectivity index (χ3v) is 2.00. The molecule has 0 aliphatic heterocycles. The first-order chi connectivity index (χ1) is 7.33. The van der Waals surface area contributed by atoms with Crippen LogP contribution in [0.5, 0.6) is 0 Å². The molecule has 1 aliphatic carbocycles. The summed E-state index contributed by atoms with van der Waals surface area (Å²) in [5, 5.41) is 0. The summed E-state index contributed by atoms with van der Waals surface area (Å²) in [6.45, 7) is 10.2. The second kappa shape index (κ2) is 9.01. The topological polar surface area (TPSA) is 0 Å². The van der Waals surface area contributed by atoms with Crippen molar-refractivity contribution in [1.82, 2.24) is 0 Å². The van der Waals surface area contributed by atoms with E-state index in [0.29, 0.717) is 0 Å². The number of aryl methyl sites for hydroxylation is 1. The SMILES string of the molecule is C/C=C1\C=CC1.C=C.Cc1ccccc1. The van der Waals surface area contributed by atoms with Crippen LogP contribution in [-0.2, 0) is 0 Å². The number of hydrogen-bond donors (Lipinski definition) is 0. The van der Waals surface area contributed by atoms with Crippen molar-refractivity contribution in [1.29, 1.82) is 0 Å². The molecule has 0 atom stereocenters. The van der Waals surface area contributed by atoms with Gasteiger partial charge in [-0.15, -0.1) is 13.2 Å². The lowest BCUT2D eigenvalue weighted by molar-refractivity contribution is 1.18. The highest BCUT2D eigenvalue weighted by atomic mass is 14.0. The Morgan fingerprint density at radius 2 is 1.67 bits per heavy atom. The molecule has 2 rings (SSSR count). The van der Waals surface area contributed by atoms with Crippen LogP contribution in [0.3, 0.4) is 0 Å². The van der Waals surface area contributed by atoms with Crippen molar-refractivity contribution >= 4 is 0 Å².